The second-order valence-electron chi connectivity index (χ2n) is 13.6. The monoisotopic (exact) mass is 712 g/mol. The number of rotatable bonds is 11. The Hall–Kier alpha value is -4.19. The molecular weight excluding hydrogens is 673 g/mol. The molecule has 2 saturated carbocycles. The summed E-state index contributed by atoms with van der Waals surface area (Å²) < 4.78 is 85.3. The summed E-state index contributed by atoms with van der Waals surface area (Å²) in [6.45, 7) is 8.57. The summed E-state index contributed by atoms with van der Waals surface area (Å²) in [5.41, 5.74) is 3.74. The maximum atomic E-state index is 13.9. The van der Waals surface area contributed by atoms with Gasteiger partial charge in [0.05, 0.1) is 43.0 Å². The molecule has 49 heavy (non-hydrogen) atoms. The van der Waals surface area contributed by atoms with Crippen molar-refractivity contribution in [2.75, 3.05) is 20.8 Å². The van der Waals surface area contributed by atoms with Gasteiger partial charge in [-0.05, 0) is 30.7 Å². The number of fused-ring (bicyclic) bond motifs is 1. The number of nitrogens with two attached hydrogens (primary N) is 1. The van der Waals surface area contributed by atoms with Crippen LogP contribution in [0.15, 0.2) is 24.8 Å². The van der Waals surface area contributed by atoms with Crippen LogP contribution in [0.25, 0.3) is 10.9 Å². The molecular formula is C31H39F3N6O8S. The molecule has 1 saturated heterocycles. The minimum absolute atomic E-state index is 0.0436. The maximum absolute atomic E-state index is 13.9. The molecule has 2 aromatic rings. The van der Waals surface area contributed by atoms with Gasteiger partial charge in [-0.2, -0.15) is 18.2 Å². The van der Waals surface area contributed by atoms with Gasteiger partial charge in [0.1, 0.15) is 17.7 Å². The first kappa shape index (κ1) is 36.1. The lowest BCUT2D eigenvalue weighted by molar-refractivity contribution is -0.145. The number of hydrogen-bond donors (Lipinski definition) is 3. The van der Waals surface area contributed by atoms with Gasteiger partial charge in [-0.15, -0.1) is 6.58 Å². The molecule has 3 amide bonds. The van der Waals surface area contributed by atoms with E-state index in [-0.39, 0.29) is 41.8 Å². The Morgan fingerprint density at radius 3 is 2.29 bits per heavy atom. The van der Waals surface area contributed by atoms with E-state index in [1.165, 1.54) is 32.4 Å². The molecule has 18 heteroatoms. The van der Waals surface area contributed by atoms with Crippen molar-refractivity contribution in [3.8, 4) is 17.4 Å². The number of alkyl halides is 3. The molecule has 14 nitrogen and oxygen atoms in total. The summed E-state index contributed by atoms with van der Waals surface area (Å²) in [4.78, 5) is 49.4. The van der Waals surface area contributed by atoms with Gasteiger partial charge < -0.3 is 30.2 Å². The van der Waals surface area contributed by atoms with Crippen molar-refractivity contribution in [1.29, 1.82) is 0 Å². The molecule has 2 heterocycles. The second-order valence-corrected chi connectivity index (χ2v) is 15.5. The lowest BCUT2D eigenvalue weighted by Gasteiger charge is -2.33. The van der Waals surface area contributed by atoms with E-state index in [9.17, 15) is 36.0 Å². The van der Waals surface area contributed by atoms with E-state index in [2.05, 4.69) is 26.6 Å². The standard InChI is InChI=1S/C31H39F3N6O8S/c1-7-15-13-30(15,28(43)39-49(44,45)17-8-9-17)38-24(41)20-10-16(14-40(20)26(42)23(35)29(2,3)4)48-25-18-11-21(46-5)22(47-6)12-19(18)36-27(37-25)31(32,33)34/h7,11-12,15-17,20,23H,1,8-10,13-14,35H2,2-6H3,(H,38,41)(H,39,43)/t15-,16-,20?,23-,30-/m1/s1. The fourth-order valence-electron chi connectivity index (χ4n) is 5.75. The van der Waals surface area contributed by atoms with Gasteiger partial charge in [-0.25, -0.2) is 13.4 Å². The molecule has 0 spiro atoms. The van der Waals surface area contributed by atoms with Crippen molar-refractivity contribution in [2.24, 2.45) is 17.1 Å². The van der Waals surface area contributed by atoms with E-state index in [0.29, 0.717) is 12.8 Å². The maximum Gasteiger partial charge on any atom is 0.451 e. The number of hydrogen-bond acceptors (Lipinski definition) is 11. The smallest absolute Gasteiger partial charge is 0.451 e. The highest BCUT2D eigenvalue weighted by molar-refractivity contribution is 7.91. The predicted molar refractivity (Wildman–Crippen MR) is 169 cm³/mol. The SMILES string of the molecule is C=C[C@@H]1C[C@]1(NC(=O)C1C[C@@H](Oc2nc(C(F)(F)F)nc3cc(OC)c(OC)cc23)CN1C(=O)[C@@H](N)C(C)(C)C)C(=O)NS(=O)(=O)C1CC1. The number of ether oxygens (including phenoxy) is 3. The van der Waals surface area contributed by atoms with E-state index in [0.717, 1.165) is 4.90 Å². The van der Waals surface area contributed by atoms with Gasteiger partial charge in [0.25, 0.3) is 5.91 Å². The second kappa shape index (κ2) is 12.6. The molecule has 3 fully saturated rings. The van der Waals surface area contributed by atoms with Crippen molar-refractivity contribution >= 4 is 38.6 Å². The Labute approximate surface area is 281 Å². The van der Waals surface area contributed by atoms with Crippen LogP contribution in [0.5, 0.6) is 17.4 Å². The molecule has 4 N–H and O–H groups in total. The van der Waals surface area contributed by atoms with Crippen LogP contribution in [0.1, 0.15) is 52.3 Å². The molecule has 3 aliphatic rings. The molecule has 5 atom stereocenters. The summed E-state index contributed by atoms with van der Waals surface area (Å²) in [6, 6.07) is 0.187. The van der Waals surface area contributed by atoms with E-state index in [1.807, 2.05) is 0 Å². The molecule has 268 valence electrons. The highest BCUT2D eigenvalue weighted by Crippen LogP contribution is 2.46. The summed E-state index contributed by atoms with van der Waals surface area (Å²) in [6.07, 6.45) is -3.95. The number of likely N-dealkylation sites (tertiary alicyclic amines) is 1. The number of carbonyl (C=O) groups excluding carboxylic acids is 3. The molecule has 5 rings (SSSR count). The summed E-state index contributed by atoms with van der Waals surface area (Å²) in [7, 11) is -1.30. The zero-order valence-corrected chi connectivity index (χ0v) is 28.4. The molecule has 0 bridgehead atoms. The van der Waals surface area contributed by atoms with Crippen LogP contribution in [0, 0.1) is 11.3 Å². The number of methoxy groups -OCH3 is 2. The topological polar surface area (TPSA) is 192 Å². The van der Waals surface area contributed by atoms with E-state index >= 15 is 0 Å². The van der Waals surface area contributed by atoms with Crippen LogP contribution in [0.4, 0.5) is 13.2 Å². The largest absolute Gasteiger partial charge is 0.493 e. The number of halogens is 3. The average molecular weight is 713 g/mol. The summed E-state index contributed by atoms with van der Waals surface area (Å²) in [5.74, 6) is -4.67. The van der Waals surface area contributed by atoms with Crippen molar-refractivity contribution in [1.82, 2.24) is 24.9 Å². The van der Waals surface area contributed by atoms with Crippen LogP contribution >= 0.6 is 0 Å². The number of aromatic nitrogens is 2. The van der Waals surface area contributed by atoms with Gasteiger partial charge in [-0.1, -0.05) is 26.8 Å². The van der Waals surface area contributed by atoms with Gasteiger partial charge in [0.15, 0.2) is 11.5 Å². The van der Waals surface area contributed by atoms with Crippen molar-refractivity contribution < 1.29 is 50.2 Å². The van der Waals surface area contributed by atoms with E-state index in [4.69, 9.17) is 19.9 Å². The Kier molecular flexibility index (Phi) is 9.29. The Balaban J connectivity index is 1.48. The molecule has 0 radical (unpaired) electrons. The first-order chi connectivity index (χ1) is 22.7. The third-order valence-electron chi connectivity index (χ3n) is 8.99. The Bertz CT molecular complexity index is 1800. The molecule has 1 aromatic carbocycles. The first-order valence-electron chi connectivity index (χ1n) is 15.5. The van der Waals surface area contributed by atoms with Gasteiger partial charge >= 0.3 is 6.18 Å². The van der Waals surface area contributed by atoms with Crippen molar-refractivity contribution in [2.45, 2.75) is 81.6 Å². The van der Waals surface area contributed by atoms with Crippen LogP contribution in [-0.2, 0) is 30.6 Å². The minimum Gasteiger partial charge on any atom is -0.493 e. The van der Waals surface area contributed by atoms with E-state index in [1.54, 1.807) is 20.8 Å². The number of nitrogens with one attached hydrogen (secondary N) is 2. The number of nitrogens with zero attached hydrogens (tertiary/aromatic N) is 3. The van der Waals surface area contributed by atoms with Crippen molar-refractivity contribution in [3.63, 3.8) is 0 Å². The highest BCUT2D eigenvalue weighted by atomic mass is 32.2. The third-order valence-corrected chi connectivity index (χ3v) is 10.8. The van der Waals surface area contributed by atoms with Gasteiger partial charge in [-0.3, -0.25) is 19.1 Å². The van der Waals surface area contributed by atoms with Gasteiger partial charge in [0.2, 0.25) is 33.5 Å². The molecule has 1 aliphatic heterocycles. The number of carbonyl (C=O) groups is 3. The molecule has 2 aliphatic carbocycles. The molecule has 1 unspecified atom stereocenters. The minimum atomic E-state index is -4.95. The van der Waals surface area contributed by atoms with Crippen molar-refractivity contribution in [3.05, 3.63) is 30.6 Å². The number of amides is 3. The first-order valence-corrected chi connectivity index (χ1v) is 17.0. The normalized spacial score (nSPS) is 24.6. The summed E-state index contributed by atoms with van der Waals surface area (Å²) in [5, 5.41) is 1.99. The lowest BCUT2D eigenvalue weighted by Crippen LogP contribution is -2.59. The Morgan fingerprint density at radius 1 is 1.12 bits per heavy atom. The predicted octanol–water partition coefficient (Wildman–Crippen LogP) is 2.06. The zero-order valence-electron chi connectivity index (χ0n) is 27.6. The quantitative estimate of drug-likeness (QED) is 0.289. The molecule has 1 aromatic heterocycles. The fraction of sp³-hybridized carbons (Fsp3) is 0.581. The van der Waals surface area contributed by atoms with Crippen LogP contribution in [0.2, 0.25) is 0 Å². The van der Waals surface area contributed by atoms with Gasteiger partial charge in [0, 0.05) is 18.4 Å². The lowest BCUT2D eigenvalue weighted by atomic mass is 9.86. The fourth-order valence-corrected chi connectivity index (χ4v) is 7.11. The number of sulfonamides is 1. The van der Waals surface area contributed by atoms with Crippen LogP contribution in [-0.4, -0.2) is 90.7 Å². The summed E-state index contributed by atoms with van der Waals surface area (Å²) >= 11 is 0. The van der Waals surface area contributed by atoms with E-state index < -0.39 is 85.9 Å². The highest BCUT2D eigenvalue weighted by Gasteiger charge is 2.62. The average Bonchev–Trinajstić information content (AvgIpc) is 3.95. The number of benzene rings is 1. The van der Waals surface area contributed by atoms with Crippen LogP contribution < -0.4 is 30.0 Å². The van der Waals surface area contributed by atoms with Crippen LogP contribution in [0.3, 0.4) is 0 Å². The Morgan fingerprint density at radius 2 is 1.76 bits per heavy atom. The zero-order chi connectivity index (χ0) is 36.3. The third kappa shape index (κ3) is 7.11.